The fraction of sp³-hybridized carbons (Fsp3) is 0.586. The van der Waals surface area contributed by atoms with Crippen LogP contribution in [0.4, 0.5) is 0 Å². The Morgan fingerprint density at radius 1 is 0.611 bits per heavy atom. The van der Waals surface area contributed by atoms with Crippen molar-refractivity contribution in [1.82, 2.24) is 9.80 Å². The average Bonchev–Trinajstić information content (AvgIpc) is 2.88. The molecule has 0 aliphatic carbocycles. The van der Waals surface area contributed by atoms with Gasteiger partial charge in [0.2, 0.25) is 0 Å². The van der Waals surface area contributed by atoms with Gasteiger partial charge in [0.15, 0.2) is 23.0 Å². The molecular weight excluding hydrogens is 476 g/mol. The number of halogens is 1. The van der Waals surface area contributed by atoms with Gasteiger partial charge in [-0.3, -0.25) is 9.80 Å². The first-order valence-electron chi connectivity index (χ1n) is 12.9. The van der Waals surface area contributed by atoms with E-state index in [9.17, 15) is 0 Å². The number of nitrogens with zero attached hydrogens (tertiary/aromatic N) is 2. The highest BCUT2D eigenvalue weighted by molar-refractivity contribution is 5.85. The van der Waals surface area contributed by atoms with Gasteiger partial charge in [-0.1, -0.05) is 19.3 Å². The predicted octanol–water partition coefficient (Wildman–Crippen LogP) is 5.85. The average molecular weight is 519 g/mol. The normalized spacial score (nSPS) is 19.6. The lowest BCUT2D eigenvalue weighted by Gasteiger charge is -2.36. The monoisotopic (exact) mass is 518 g/mol. The van der Waals surface area contributed by atoms with Crippen LogP contribution in [0.25, 0.3) is 0 Å². The minimum Gasteiger partial charge on any atom is -0.493 e. The molecule has 0 saturated carbocycles. The van der Waals surface area contributed by atoms with E-state index in [1.165, 1.54) is 54.4 Å². The summed E-state index contributed by atoms with van der Waals surface area (Å²) in [7, 11) is 11.4. The van der Waals surface area contributed by atoms with Crippen molar-refractivity contribution in [2.45, 2.75) is 57.0 Å². The first kappa shape index (κ1) is 28.4. The Morgan fingerprint density at radius 3 is 1.33 bits per heavy atom. The van der Waals surface area contributed by atoms with Crippen LogP contribution in [-0.4, -0.2) is 65.4 Å². The summed E-state index contributed by atoms with van der Waals surface area (Å²) in [6.45, 7) is 2.17. The van der Waals surface area contributed by atoms with Crippen molar-refractivity contribution in [3.8, 4) is 23.0 Å². The summed E-state index contributed by atoms with van der Waals surface area (Å²) in [5.41, 5.74) is 5.60. The smallest absolute Gasteiger partial charge is 0.161 e. The largest absolute Gasteiger partial charge is 0.493 e. The van der Waals surface area contributed by atoms with E-state index in [-0.39, 0.29) is 12.4 Å². The van der Waals surface area contributed by atoms with Crippen molar-refractivity contribution in [3.63, 3.8) is 0 Å². The molecule has 0 fully saturated rings. The molecule has 2 aromatic carbocycles. The molecule has 2 atom stereocenters. The molecule has 0 amide bonds. The summed E-state index contributed by atoms with van der Waals surface area (Å²) in [4.78, 5) is 5.00. The fourth-order valence-corrected chi connectivity index (χ4v) is 5.91. The predicted molar refractivity (Wildman–Crippen MR) is 148 cm³/mol. The summed E-state index contributed by atoms with van der Waals surface area (Å²) in [5, 5.41) is 0. The molecule has 200 valence electrons. The van der Waals surface area contributed by atoms with E-state index in [1.54, 1.807) is 28.4 Å². The third kappa shape index (κ3) is 5.87. The summed E-state index contributed by atoms with van der Waals surface area (Å²) >= 11 is 0. The van der Waals surface area contributed by atoms with Crippen LogP contribution < -0.4 is 18.9 Å². The maximum absolute atomic E-state index is 5.60. The molecule has 2 heterocycles. The summed E-state index contributed by atoms with van der Waals surface area (Å²) < 4.78 is 22.3. The number of hydrogen-bond donors (Lipinski definition) is 0. The van der Waals surface area contributed by atoms with Gasteiger partial charge in [-0.05, 0) is 86.3 Å². The van der Waals surface area contributed by atoms with Crippen molar-refractivity contribution in [1.29, 1.82) is 0 Å². The quantitative estimate of drug-likeness (QED) is 0.367. The van der Waals surface area contributed by atoms with Gasteiger partial charge in [0.05, 0.1) is 28.4 Å². The van der Waals surface area contributed by atoms with Gasteiger partial charge in [-0.25, -0.2) is 0 Å². The summed E-state index contributed by atoms with van der Waals surface area (Å²) in [5.74, 6) is 3.33. The Morgan fingerprint density at radius 2 is 0.972 bits per heavy atom. The number of unbranched alkanes of at least 4 members (excludes halogenated alkanes) is 2. The molecule has 2 aliphatic heterocycles. The number of hydrogen-bond acceptors (Lipinski definition) is 6. The highest BCUT2D eigenvalue weighted by atomic mass is 35.5. The van der Waals surface area contributed by atoms with Crippen molar-refractivity contribution in [3.05, 3.63) is 46.5 Å². The first-order valence-corrected chi connectivity index (χ1v) is 12.9. The summed E-state index contributed by atoms with van der Waals surface area (Å²) in [6, 6.07) is 9.62. The Labute approximate surface area is 223 Å². The number of ether oxygens (including phenoxy) is 4. The van der Waals surface area contributed by atoms with E-state index in [0.29, 0.717) is 12.1 Å². The molecule has 0 spiro atoms. The maximum Gasteiger partial charge on any atom is 0.161 e. The van der Waals surface area contributed by atoms with Gasteiger partial charge < -0.3 is 18.9 Å². The van der Waals surface area contributed by atoms with E-state index in [2.05, 4.69) is 48.2 Å². The molecule has 0 saturated heterocycles. The van der Waals surface area contributed by atoms with Gasteiger partial charge >= 0.3 is 0 Å². The Hall–Kier alpha value is -2.15. The lowest BCUT2D eigenvalue weighted by atomic mass is 9.87. The van der Waals surface area contributed by atoms with Crippen molar-refractivity contribution < 1.29 is 18.9 Å². The molecule has 6 nitrogen and oxygen atoms in total. The number of benzene rings is 2. The minimum absolute atomic E-state index is 0. The van der Waals surface area contributed by atoms with Crippen molar-refractivity contribution in [2.24, 2.45) is 0 Å². The Bertz CT molecular complexity index is 936. The van der Waals surface area contributed by atoms with Crippen LogP contribution in [0.1, 0.15) is 66.4 Å². The molecule has 4 rings (SSSR count). The van der Waals surface area contributed by atoms with Crippen LogP contribution in [0, 0.1) is 0 Å². The van der Waals surface area contributed by atoms with Crippen molar-refractivity contribution in [2.75, 3.05) is 55.6 Å². The second-order valence-corrected chi connectivity index (χ2v) is 9.94. The van der Waals surface area contributed by atoms with E-state index in [4.69, 9.17) is 18.9 Å². The molecule has 2 aromatic rings. The second-order valence-electron chi connectivity index (χ2n) is 9.94. The molecule has 2 aliphatic rings. The van der Waals surface area contributed by atoms with Crippen LogP contribution in [-0.2, 0) is 12.8 Å². The van der Waals surface area contributed by atoms with E-state index >= 15 is 0 Å². The van der Waals surface area contributed by atoms with E-state index in [1.807, 2.05) is 0 Å². The number of fused-ring (bicyclic) bond motifs is 2. The third-order valence-corrected chi connectivity index (χ3v) is 8.00. The van der Waals surface area contributed by atoms with Gasteiger partial charge in [0.1, 0.15) is 0 Å². The summed E-state index contributed by atoms with van der Waals surface area (Å²) in [6.07, 6.45) is 8.13. The molecule has 36 heavy (non-hydrogen) atoms. The van der Waals surface area contributed by atoms with Gasteiger partial charge in [0.25, 0.3) is 0 Å². The Kier molecular flexibility index (Phi) is 10.2. The molecule has 2 unspecified atom stereocenters. The maximum atomic E-state index is 5.60. The number of methoxy groups -OCH3 is 4. The Balaban J connectivity index is 0.00000361. The first-order chi connectivity index (χ1) is 17.0. The van der Waals surface area contributed by atoms with E-state index in [0.717, 1.165) is 48.9 Å². The lowest BCUT2D eigenvalue weighted by molar-refractivity contribution is 0.204. The zero-order chi connectivity index (χ0) is 24.9. The molecule has 0 aromatic heterocycles. The fourth-order valence-electron chi connectivity index (χ4n) is 5.91. The second kappa shape index (κ2) is 12.9. The molecular formula is C29H43ClN2O4. The third-order valence-electron chi connectivity index (χ3n) is 8.00. The van der Waals surface area contributed by atoms with Gasteiger partial charge in [-0.15, -0.1) is 12.4 Å². The molecule has 0 N–H and O–H groups in total. The van der Waals surface area contributed by atoms with Crippen LogP contribution in [0.15, 0.2) is 24.3 Å². The van der Waals surface area contributed by atoms with E-state index < -0.39 is 0 Å². The molecule has 7 heteroatoms. The van der Waals surface area contributed by atoms with Crippen LogP contribution in [0.2, 0.25) is 0 Å². The minimum atomic E-state index is 0. The molecule has 0 bridgehead atoms. The van der Waals surface area contributed by atoms with Crippen LogP contribution >= 0.6 is 12.4 Å². The van der Waals surface area contributed by atoms with Crippen LogP contribution in [0.3, 0.4) is 0 Å². The zero-order valence-corrected chi connectivity index (χ0v) is 23.6. The number of likely N-dealkylation sites (N-methyl/N-ethyl adjacent to an activating group) is 2. The SMILES string of the molecule is COc1cc2c(cc1OC)C(CCCCCC1c3cc(OC)c(OC)cc3CCN1C)N(C)CC2.Cl. The van der Waals surface area contributed by atoms with Crippen LogP contribution in [0.5, 0.6) is 23.0 Å². The zero-order valence-electron chi connectivity index (χ0n) is 22.8. The molecule has 0 radical (unpaired) electrons. The van der Waals surface area contributed by atoms with Gasteiger partial charge in [-0.2, -0.15) is 0 Å². The number of rotatable bonds is 10. The standard InChI is InChI=1S/C29H42N2O4.ClH/c1-30-14-12-20-16-26(32-3)28(34-5)18-22(20)24(30)10-8-7-9-11-25-23-19-29(35-6)27(33-4)17-21(23)13-15-31(25)2;/h16-19,24-25H,7-15H2,1-6H3;1H. The lowest BCUT2D eigenvalue weighted by Crippen LogP contribution is -2.32. The van der Waals surface area contributed by atoms with Crippen molar-refractivity contribution >= 4 is 12.4 Å². The highest BCUT2D eigenvalue weighted by Crippen LogP contribution is 2.41. The topological polar surface area (TPSA) is 43.4 Å². The van der Waals surface area contributed by atoms with Gasteiger partial charge in [0, 0.05) is 25.2 Å². The highest BCUT2D eigenvalue weighted by Gasteiger charge is 2.28.